The number of hydrogen-bond acceptors (Lipinski definition) is 6. The maximum atomic E-state index is 11.1. The molecular formula is C18H14N4O4. The molecule has 0 aliphatic rings. The average Bonchev–Trinajstić information content (AvgIpc) is 3.03. The van der Waals surface area contributed by atoms with Gasteiger partial charge in [0, 0.05) is 6.07 Å². The second-order valence-corrected chi connectivity index (χ2v) is 5.62. The monoisotopic (exact) mass is 350 g/mol. The molecular weight excluding hydrogens is 336 g/mol. The van der Waals surface area contributed by atoms with Gasteiger partial charge in [-0.15, -0.1) is 0 Å². The summed E-state index contributed by atoms with van der Waals surface area (Å²) in [6.07, 6.45) is 1.44. The molecule has 0 spiro atoms. The minimum atomic E-state index is -0.717. The van der Waals surface area contributed by atoms with E-state index in [1.807, 2.05) is 31.2 Å². The average molecular weight is 350 g/mol. The van der Waals surface area contributed by atoms with Crippen molar-refractivity contribution in [2.24, 2.45) is 0 Å². The number of aromatic hydroxyl groups is 1. The SMILES string of the molecule is COc1cc(/C=C(/C#N)c2nc3ccc(C)cc3[nH]2)cc([N+](=O)[O-])c1O. The number of nitriles is 1. The van der Waals surface area contributed by atoms with Gasteiger partial charge >= 0.3 is 5.69 Å². The number of phenolic OH excluding ortho intramolecular Hbond substituents is 1. The van der Waals surface area contributed by atoms with Gasteiger partial charge in [-0.05, 0) is 42.3 Å². The first kappa shape index (κ1) is 17.0. The number of aryl methyl sites for hydroxylation is 1. The van der Waals surface area contributed by atoms with Gasteiger partial charge in [0.2, 0.25) is 5.75 Å². The number of fused-ring (bicyclic) bond motifs is 1. The number of nitrogens with one attached hydrogen (secondary N) is 1. The highest BCUT2D eigenvalue weighted by Crippen LogP contribution is 2.37. The van der Waals surface area contributed by atoms with E-state index >= 15 is 0 Å². The summed E-state index contributed by atoms with van der Waals surface area (Å²) in [6.45, 7) is 1.95. The number of allylic oxidation sites excluding steroid dienone is 1. The molecule has 1 heterocycles. The summed E-state index contributed by atoms with van der Waals surface area (Å²) in [7, 11) is 1.29. The summed E-state index contributed by atoms with van der Waals surface area (Å²) < 4.78 is 4.97. The molecule has 0 saturated heterocycles. The normalized spacial score (nSPS) is 11.3. The van der Waals surface area contributed by atoms with Crippen LogP contribution in [-0.2, 0) is 0 Å². The molecule has 0 saturated carbocycles. The van der Waals surface area contributed by atoms with E-state index in [9.17, 15) is 20.5 Å². The first-order valence-corrected chi connectivity index (χ1v) is 7.57. The summed E-state index contributed by atoms with van der Waals surface area (Å²) in [4.78, 5) is 17.8. The molecule has 2 N–H and O–H groups in total. The fourth-order valence-corrected chi connectivity index (χ4v) is 2.56. The lowest BCUT2D eigenvalue weighted by atomic mass is 10.1. The van der Waals surface area contributed by atoms with Gasteiger partial charge in [-0.1, -0.05) is 6.07 Å². The Hall–Kier alpha value is -3.86. The minimum Gasteiger partial charge on any atom is -0.500 e. The number of rotatable bonds is 4. The Bertz CT molecular complexity index is 1090. The highest BCUT2D eigenvalue weighted by atomic mass is 16.6. The number of phenols is 1. The van der Waals surface area contributed by atoms with Crippen LogP contribution in [-0.4, -0.2) is 27.1 Å². The van der Waals surface area contributed by atoms with Crippen LogP contribution in [0.5, 0.6) is 11.5 Å². The summed E-state index contributed by atoms with van der Waals surface area (Å²) in [5, 5.41) is 30.4. The molecule has 0 fully saturated rings. The van der Waals surface area contributed by atoms with Gasteiger partial charge in [-0.25, -0.2) is 4.98 Å². The number of aromatic amines is 1. The van der Waals surface area contributed by atoms with Crippen molar-refractivity contribution in [1.29, 1.82) is 5.26 Å². The van der Waals surface area contributed by atoms with Gasteiger partial charge in [0.1, 0.15) is 11.9 Å². The molecule has 8 nitrogen and oxygen atoms in total. The van der Waals surface area contributed by atoms with Crippen molar-refractivity contribution in [3.63, 3.8) is 0 Å². The topological polar surface area (TPSA) is 125 Å². The summed E-state index contributed by atoms with van der Waals surface area (Å²) in [5.41, 5.74) is 2.57. The van der Waals surface area contributed by atoms with Crippen LogP contribution in [0, 0.1) is 28.4 Å². The Balaban J connectivity index is 2.12. The van der Waals surface area contributed by atoms with Gasteiger partial charge in [0.25, 0.3) is 0 Å². The highest BCUT2D eigenvalue weighted by molar-refractivity contribution is 5.91. The number of hydrogen-bond donors (Lipinski definition) is 2. The highest BCUT2D eigenvalue weighted by Gasteiger charge is 2.20. The van der Waals surface area contributed by atoms with E-state index in [1.54, 1.807) is 0 Å². The van der Waals surface area contributed by atoms with Crippen LogP contribution in [0.1, 0.15) is 17.0 Å². The predicted molar refractivity (Wildman–Crippen MR) is 95.6 cm³/mol. The van der Waals surface area contributed by atoms with Crippen LogP contribution < -0.4 is 4.74 Å². The van der Waals surface area contributed by atoms with Crippen molar-refractivity contribution in [3.8, 4) is 17.6 Å². The van der Waals surface area contributed by atoms with E-state index in [4.69, 9.17) is 4.74 Å². The Morgan fingerprint density at radius 1 is 1.42 bits per heavy atom. The minimum absolute atomic E-state index is 0.0528. The molecule has 3 aromatic rings. The lowest BCUT2D eigenvalue weighted by Gasteiger charge is -2.05. The fourth-order valence-electron chi connectivity index (χ4n) is 2.56. The zero-order chi connectivity index (χ0) is 18.8. The summed E-state index contributed by atoms with van der Waals surface area (Å²) in [6, 6.07) is 10.3. The number of benzene rings is 2. The Labute approximate surface area is 148 Å². The van der Waals surface area contributed by atoms with Gasteiger partial charge in [0.15, 0.2) is 5.75 Å². The fraction of sp³-hybridized carbons (Fsp3) is 0.111. The van der Waals surface area contributed by atoms with Crippen LogP contribution in [0.25, 0.3) is 22.7 Å². The van der Waals surface area contributed by atoms with Crippen molar-refractivity contribution in [2.75, 3.05) is 7.11 Å². The largest absolute Gasteiger partial charge is 0.500 e. The van der Waals surface area contributed by atoms with Crippen LogP contribution in [0.4, 0.5) is 5.69 Å². The number of nitro groups is 1. The van der Waals surface area contributed by atoms with E-state index in [-0.39, 0.29) is 11.3 Å². The third-order valence-corrected chi connectivity index (χ3v) is 3.82. The van der Waals surface area contributed by atoms with Crippen LogP contribution in [0.3, 0.4) is 0 Å². The van der Waals surface area contributed by atoms with Gasteiger partial charge < -0.3 is 14.8 Å². The molecule has 3 rings (SSSR count). The molecule has 130 valence electrons. The van der Waals surface area contributed by atoms with Crippen molar-refractivity contribution < 1.29 is 14.8 Å². The summed E-state index contributed by atoms with van der Waals surface area (Å²) in [5.74, 6) is -0.266. The second-order valence-electron chi connectivity index (χ2n) is 5.62. The van der Waals surface area contributed by atoms with Crippen LogP contribution in [0.15, 0.2) is 30.3 Å². The third kappa shape index (κ3) is 3.06. The molecule has 1 aromatic heterocycles. The molecule has 0 atom stereocenters. The first-order valence-electron chi connectivity index (χ1n) is 7.57. The van der Waals surface area contributed by atoms with Crippen molar-refractivity contribution in [2.45, 2.75) is 6.92 Å². The van der Waals surface area contributed by atoms with E-state index in [0.717, 1.165) is 11.1 Å². The van der Waals surface area contributed by atoms with Gasteiger partial charge in [-0.3, -0.25) is 10.1 Å². The number of aromatic nitrogens is 2. The lowest BCUT2D eigenvalue weighted by Crippen LogP contribution is -1.93. The lowest BCUT2D eigenvalue weighted by molar-refractivity contribution is -0.386. The second kappa shape index (κ2) is 6.57. The molecule has 0 amide bonds. The number of ether oxygens (including phenoxy) is 1. The Morgan fingerprint density at radius 2 is 2.19 bits per heavy atom. The number of nitrogens with zero attached hydrogens (tertiary/aromatic N) is 3. The molecule has 0 unspecified atom stereocenters. The van der Waals surface area contributed by atoms with E-state index in [1.165, 1.54) is 25.3 Å². The van der Waals surface area contributed by atoms with Gasteiger partial charge in [0.05, 0.1) is 28.6 Å². The standard InChI is InChI=1S/C18H14N4O4/c1-10-3-4-13-14(5-10)21-18(20-13)12(9-19)6-11-7-15(22(24)25)17(23)16(8-11)26-2/h3-8,23H,1-2H3,(H,20,21)/b12-6-. The van der Waals surface area contributed by atoms with Gasteiger partial charge in [-0.2, -0.15) is 5.26 Å². The van der Waals surface area contributed by atoms with E-state index < -0.39 is 16.4 Å². The van der Waals surface area contributed by atoms with Crippen molar-refractivity contribution in [1.82, 2.24) is 9.97 Å². The molecule has 2 aromatic carbocycles. The molecule has 0 bridgehead atoms. The molecule has 0 aliphatic carbocycles. The number of nitro benzene ring substituents is 1. The zero-order valence-corrected chi connectivity index (χ0v) is 14.0. The number of imidazole rings is 1. The van der Waals surface area contributed by atoms with Crippen molar-refractivity contribution >= 4 is 28.4 Å². The molecule has 0 aliphatic heterocycles. The third-order valence-electron chi connectivity index (χ3n) is 3.82. The van der Waals surface area contributed by atoms with Crippen molar-refractivity contribution in [3.05, 3.63) is 57.4 Å². The van der Waals surface area contributed by atoms with Crippen LogP contribution >= 0.6 is 0 Å². The zero-order valence-electron chi connectivity index (χ0n) is 14.0. The maximum absolute atomic E-state index is 11.1. The maximum Gasteiger partial charge on any atom is 0.315 e. The smallest absolute Gasteiger partial charge is 0.315 e. The molecule has 0 radical (unpaired) electrons. The first-order chi connectivity index (χ1) is 12.4. The number of methoxy groups -OCH3 is 1. The summed E-state index contributed by atoms with van der Waals surface area (Å²) >= 11 is 0. The predicted octanol–water partition coefficient (Wildman–Crippen LogP) is 3.56. The van der Waals surface area contributed by atoms with E-state index in [0.29, 0.717) is 16.9 Å². The number of H-pyrrole nitrogens is 1. The molecule has 26 heavy (non-hydrogen) atoms. The van der Waals surface area contributed by atoms with Crippen LogP contribution in [0.2, 0.25) is 0 Å². The molecule has 8 heteroatoms. The van der Waals surface area contributed by atoms with E-state index in [2.05, 4.69) is 9.97 Å². The Kier molecular flexibility index (Phi) is 4.29. The Morgan fingerprint density at radius 3 is 2.85 bits per heavy atom. The quantitative estimate of drug-likeness (QED) is 0.421.